The van der Waals surface area contributed by atoms with Gasteiger partial charge in [-0.3, -0.25) is 0 Å². The predicted octanol–water partition coefficient (Wildman–Crippen LogP) is 5.82. The molecular weight excluding hydrogens is 318 g/mol. The van der Waals surface area contributed by atoms with E-state index in [0.717, 1.165) is 11.5 Å². The third-order valence-corrected chi connectivity index (χ3v) is 5.87. The highest BCUT2D eigenvalue weighted by molar-refractivity contribution is 6.07. The molecule has 1 aliphatic rings. The van der Waals surface area contributed by atoms with Gasteiger partial charge < -0.3 is 4.74 Å². The number of hydrogen-bond donors (Lipinski definition) is 0. The van der Waals surface area contributed by atoms with Crippen LogP contribution in [0.4, 0.5) is 0 Å². The number of benzene rings is 3. The summed E-state index contributed by atoms with van der Waals surface area (Å²) in [7, 11) is 2.15. The molecule has 0 N–H and O–H groups in total. The minimum absolute atomic E-state index is 1.00. The number of nitrogens with zero attached hydrogens (tertiary/aromatic N) is 1. The highest BCUT2D eigenvalue weighted by Crippen LogP contribution is 2.51. The summed E-state index contributed by atoms with van der Waals surface area (Å²) in [5, 5.41) is 5.08. The lowest BCUT2D eigenvalue weighted by atomic mass is 9.88. The van der Waals surface area contributed by atoms with E-state index in [9.17, 15) is 0 Å². The van der Waals surface area contributed by atoms with Crippen molar-refractivity contribution in [1.82, 2.24) is 0 Å². The Hall–Kier alpha value is -2.87. The number of pyridine rings is 1. The quantitative estimate of drug-likeness (QED) is 0.324. The van der Waals surface area contributed by atoms with Crippen LogP contribution < -0.4 is 9.30 Å². The molecule has 0 amide bonds. The van der Waals surface area contributed by atoms with Crippen molar-refractivity contribution in [3.05, 3.63) is 64.8 Å². The van der Waals surface area contributed by atoms with Gasteiger partial charge in [0.05, 0.1) is 10.9 Å². The second kappa shape index (κ2) is 5.07. The summed E-state index contributed by atoms with van der Waals surface area (Å²) in [6.07, 6.45) is 2.23. The average molecular weight is 340 g/mol. The van der Waals surface area contributed by atoms with Crippen molar-refractivity contribution in [2.24, 2.45) is 7.05 Å². The maximum atomic E-state index is 6.60. The number of aromatic nitrogens is 1. The molecular formula is C24H22NO+. The summed E-state index contributed by atoms with van der Waals surface area (Å²) in [6.45, 7) is 8.70. The zero-order valence-corrected chi connectivity index (χ0v) is 15.9. The van der Waals surface area contributed by atoms with Crippen molar-refractivity contribution in [3.63, 3.8) is 0 Å². The molecule has 5 rings (SSSR count). The van der Waals surface area contributed by atoms with Crippen LogP contribution in [0, 0.1) is 27.7 Å². The van der Waals surface area contributed by atoms with E-state index in [1.54, 1.807) is 0 Å². The zero-order valence-electron chi connectivity index (χ0n) is 15.9. The molecule has 0 saturated carbocycles. The summed E-state index contributed by atoms with van der Waals surface area (Å²) < 4.78 is 8.86. The van der Waals surface area contributed by atoms with Crippen molar-refractivity contribution >= 4 is 21.5 Å². The first kappa shape index (κ1) is 15.4. The maximum Gasteiger partial charge on any atom is 0.228 e. The monoisotopic (exact) mass is 340 g/mol. The fourth-order valence-electron chi connectivity index (χ4n) is 4.55. The van der Waals surface area contributed by atoms with Crippen LogP contribution in [0.5, 0.6) is 11.5 Å². The van der Waals surface area contributed by atoms with Gasteiger partial charge in [-0.2, -0.15) is 4.57 Å². The SMILES string of the molecule is Cc1ccc2c(C)c[n+](C)c3c2c1Oc1c-3c(C)c2ccccc2c1C. The molecule has 1 aliphatic heterocycles. The Morgan fingerprint density at radius 1 is 0.731 bits per heavy atom. The first-order valence-corrected chi connectivity index (χ1v) is 9.11. The molecule has 128 valence electrons. The van der Waals surface area contributed by atoms with Gasteiger partial charge in [-0.25, -0.2) is 0 Å². The van der Waals surface area contributed by atoms with Crippen LogP contribution in [-0.2, 0) is 7.05 Å². The Morgan fingerprint density at radius 2 is 1.42 bits per heavy atom. The molecule has 3 aromatic carbocycles. The Labute approximate surface area is 153 Å². The number of aryl methyl sites for hydroxylation is 5. The second-order valence-corrected chi connectivity index (χ2v) is 7.51. The van der Waals surface area contributed by atoms with Crippen LogP contribution >= 0.6 is 0 Å². The number of hydrogen-bond acceptors (Lipinski definition) is 1. The van der Waals surface area contributed by atoms with Gasteiger partial charge in [-0.1, -0.05) is 36.4 Å². The molecule has 0 radical (unpaired) electrons. The molecule has 0 atom stereocenters. The molecule has 26 heavy (non-hydrogen) atoms. The first-order valence-electron chi connectivity index (χ1n) is 9.11. The minimum atomic E-state index is 1.00. The second-order valence-electron chi connectivity index (χ2n) is 7.51. The van der Waals surface area contributed by atoms with E-state index in [-0.39, 0.29) is 0 Å². The van der Waals surface area contributed by atoms with Crippen LogP contribution in [0.15, 0.2) is 42.6 Å². The molecule has 0 fully saturated rings. The smallest absolute Gasteiger partial charge is 0.228 e. The van der Waals surface area contributed by atoms with E-state index >= 15 is 0 Å². The fourth-order valence-corrected chi connectivity index (χ4v) is 4.55. The van der Waals surface area contributed by atoms with Crippen LogP contribution in [0.1, 0.15) is 22.3 Å². The van der Waals surface area contributed by atoms with Gasteiger partial charge in [0.2, 0.25) is 5.69 Å². The molecule has 2 nitrogen and oxygen atoms in total. The van der Waals surface area contributed by atoms with E-state index < -0.39 is 0 Å². The van der Waals surface area contributed by atoms with Crippen LogP contribution in [0.2, 0.25) is 0 Å². The Bertz CT molecular complexity index is 1250. The number of fused-ring (bicyclic) bond motifs is 3. The van der Waals surface area contributed by atoms with Gasteiger partial charge in [-0.05, 0) is 49.6 Å². The van der Waals surface area contributed by atoms with E-state index in [1.807, 2.05) is 0 Å². The molecule has 0 spiro atoms. The predicted molar refractivity (Wildman–Crippen MR) is 107 cm³/mol. The zero-order chi connectivity index (χ0) is 18.2. The highest BCUT2D eigenvalue weighted by atomic mass is 16.5. The molecule has 0 unspecified atom stereocenters. The normalized spacial score (nSPS) is 12.3. The third kappa shape index (κ3) is 1.79. The summed E-state index contributed by atoms with van der Waals surface area (Å²) in [4.78, 5) is 0. The van der Waals surface area contributed by atoms with Gasteiger partial charge in [0, 0.05) is 16.5 Å². The largest absolute Gasteiger partial charge is 0.455 e. The summed E-state index contributed by atoms with van der Waals surface area (Å²) in [5.41, 5.74) is 7.44. The molecule has 0 bridgehead atoms. The highest BCUT2D eigenvalue weighted by Gasteiger charge is 2.33. The van der Waals surface area contributed by atoms with E-state index in [0.29, 0.717) is 0 Å². The lowest BCUT2D eigenvalue weighted by Gasteiger charge is -2.25. The van der Waals surface area contributed by atoms with Crippen molar-refractivity contribution in [3.8, 4) is 22.8 Å². The third-order valence-electron chi connectivity index (χ3n) is 5.87. The number of rotatable bonds is 0. The van der Waals surface area contributed by atoms with Gasteiger partial charge in [0.15, 0.2) is 6.20 Å². The topological polar surface area (TPSA) is 13.1 Å². The first-order chi connectivity index (χ1) is 12.5. The van der Waals surface area contributed by atoms with Crippen molar-refractivity contribution in [2.45, 2.75) is 27.7 Å². The molecule has 0 saturated heterocycles. The molecule has 1 aromatic heterocycles. The molecule has 2 heterocycles. The van der Waals surface area contributed by atoms with Crippen molar-refractivity contribution < 1.29 is 9.30 Å². The van der Waals surface area contributed by atoms with Crippen LogP contribution in [0.25, 0.3) is 32.8 Å². The average Bonchev–Trinajstić information content (AvgIpc) is 2.64. The van der Waals surface area contributed by atoms with Gasteiger partial charge in [0.1, 0.15) is 18.5 Å². The van der Waals surface area contributed by atoms with Gasteiger partial charge in [-0.15, -0.1) is 0 Å². The maximum absolute atomic E-state index is 6.60. The van der Waals surface area contributed by atoms with Crippen LogP contribution in [0.3, 0.4) is 0 Å². The van der Waals surface area contributed by atoms with E-state index in [2.05, 4.69) is 81.9 Å². The summed E-state index contributed by atoms with van der Waals surface area (Å²) >= 11 is 0. The number of ether oxygens (including phenoxy) is 1. The van der Waals surface area contributed by atoms with Gasteiger partial charge in [0.25, 0.3) is 0 Å². The lowest BCUT2D eigenvalue weighted by Crippen LogP contribution is -2.33. The Morgan fingerprint density at radius 3 is 2.15 bits per heavy atom. The van der Waals surface area contributed by atoms with Crippen molar-refractivity contribution in [1.29, 1.82) is 0 Å². The minimum Gasteiger partial charge on any atom is -0.455 e. The van der Waals surface area contributed by atoms with Crippen LogP contribution in [-0.4, -0.2) is 0 Å². The van der Waals surface area contributed by atoms with E-state index in [1.165, 1.54) is 55.1 Å². The molecule has 4 aromatic rings. The Kier molecular flexibility index (Phi) is 3.00. The summed E-state index contributed by atoms with van der Waals surface area (Å²) in [5.74, 6) is 2.01. The standard InChI is InChI=1S/C24H22NO/c1-13-10-11-17-14(2)12-25(5)22-20-15(3)18-8-6-7-9-19(18)16(4)24(20)26-23(13)21(17)22/h6-12H,1-5H3/q+1. The van der Waals surface area contributed by atoms with Crippen molar-refractivity contribution in [2.75, 3.05) is 0 Å². The van der Waals surface area contributed by atoms with E-state index in [4.69, 9.17) is 4.74 Å². The molecule has 2 heteroatoms. The van der Waals surface area contributed by atoms with Gasteiger partial charge >= 0.3 is 0 Å². The Balaban J connectivity index is 2.07. The summed E-state index contributed by atoms with van der Waals surface area (Å²) in [6, 6.07) is 13.0. The molecule has 0 aliphatic carbocycles. The fraction of sp³-hybridized carbons (Fsp3) is 0.208. The lowest BCUT2D eigenvalue weighted by molar-refractivity contribution is -0.659.